The number of anilines is 6. The fourth-order valence-electron chi connectivity index (χ4n) is 10.6. The Labute approximate surface area is 474 Å². The van der Waals surface area contributed by atoms with Gasteiger partial charge in [-0.15, -0.1) is 0 Å². The molecule has 10 nitrogen and oxygen atoms in total. The van der Waals surface area contributed by atoms with Crippen LogP contribution in [0.15, 0.2) is 279 Å². The zero-order valence-electron chi connectivity index (χ0n) is 44.0. The summed E-state index contributed by atoms with van der Waals surface area (Å²) in [6, 6.07) is 96.1. The Morgan fingerprint density at radius 1 is 0.244 bits per heavy atom. The van der Waals surface area contributed by atoms with Crippen molar-refractivity contribution in [2.45, 2.75) is 0 Å². The van der Waals surface area contributed by atoms with Crippen LogP contribution in [0.3, 0.4) is 0 Å². The Morgan fingerprint density at radius 2 is 0.585 bits per heavy atom. The molecule has 1 aliphatic heterocycles. The van der Waals surface area contributed by atoms with E-state index in [1.807, 2.05) is 158 Å². The Hall–Kier alpha value is -11.5. The van der Waals surface area contributed by atoms with Crippen LogP contribution in [-0.2, 0) is 0 Å². The Morgan fingerprint density at radius 3 is 0.988 bits per heavy atom. The molecule has 10 aromatic carbocycles. The van der Waals surface area contributed by atoms with Crippen LogP contribution in [0.5, 0.6) is 0 Å². The molecule has 0 aliphatic carbocycles. The summed E-state index contributed by atoms with van der Waals surface area (Å²) in [5.74, 6) is 2.47. The molecule has 14 rings (SSSR count). The fourth-order valence-corrected chi connectivity index (χ4v) is 10.6. The molecule has 0 saturated carbocycles. The second kappa shape index (κ2) is 21.4. The molecule has 82 heavy (non-hydrogen) atoms. The Kier molecular flexibility index (Phi) is 12.7. The fraction of sp³-hybridized carbons (Fsp3) is 0. The Bertz CT molecular complexity index is 4280. The molecular weight excluding hydrogens is 1000 g/mol. The van der Waals surface area contributed by atoms with Gasteiger partial charge in [-0.3, -0.25) is 4.90 Å². The van der Waals surface area contributed by atoms with E-state index in [9.17, 15) is 5.26 Å². The summed E-state index contributed by atoms with van der Waals surface area (Å²) in [5.41, 5.74) is 16.4. The van der Waals surface area contributed by atoms with Gasteiger partial charge < -0.3 is 4.90 Å². The van der Waals surface area contributed by atoms with Gasteiger partial charge in [0.2, 0.25) is 5.95 Å². The summed E-state index contributed by atoms with van der Waals surface area (Å²) in [6.45, 7) is 0. The predicted octanol–water partition coefficient (Wildman–Crippen LogP) is 17.6. The van der Waals surface area contributed by atoms with Gasteiger partial charge in [-0.1, -0.05) is 218 Å². The smallest absolute Gasteiger partial charge is 0.235 e. The first-order valence-corrected chi connectivity index (χ1v) is 26.9. The summed E-state index contributed by atoms with van der Waals surface area (Å²) >= 11 is 0. The zero-order valence-corrected chi connectivity index (χ0v) is 44.0. The molecular formula is C72H46N10. The monoisotopic (exact) mass is 1050 g/mol. The highest BCUT2D eigenvalue weighted by molar-refractivity contribution is 6.05. The molecule has 10 heteroatoms. The van der Waals surface area contributed by atoms with Crippen molar-refractivity contribution in [3.63, 3.8) is 0 Å². The molecule has 384 valence electrons. The quantitative estimate of drug-likeness (QED) is 0.124. The Balaban J connectivity index is 1.07. The lowest BCUT2D eigenvalue weighted by Crippen LogP contribution is -2.26. The van der Waals surface area contributed by atoms with E-state index >= 15 is 0 Å². The lowest BCUT2D eigenvalue weighted by atomic mass is 9.92. The molecule has 0 saturated heterocycles. The van der Waals surface area contributed by atoms with Crippen molar-refractivity contribution >= 4 is 34.4 Å². The number of para-hydroxylation sites is 4. The maximum Gasteiger partial charge on any atom is 0.235 e. The first kappa shape index (κ1) is 48.8. The molecule has 0 radical (unpaired) electrons. The van der Waals surface area contributed by atoms with E-state index in [2.05, 4.69) is 137 Å². The minimum absolute atomic E-state index is 0.442. The van der Waals surface area contributed by atoms with Crippen LogP contribution in [0.4, 0.5) is 34.4 Å². The van der Waals surface area contributed by atoms with Gasteiger partial charge in [-0.05, 0) is 71.8 Å². The third kappa shape index (κ3) is 9.36. The largest absolute Gasteiger partial charge is 0.306 e. The number of aromatic nitrogens is 7. The lowest BCUT2D eigenvalue weighted by molar-refractivity contribution is 1.06. The second-order valence-corrected chi connectivity index (χ2v) is 19.7. The normalized spacial score (nSPS) is 11.6. The lowest BCUT2D eigenvalue weighted by Gasteiger charge is -2.40. The van der Waals surface area contributed by atoms with Gasteiger partial charge in [0.1, 0.15) is 0 Å². The molecule has 0 atom stereocenters. The minimum Gasteiger partial charge on any atom is -0.306 e. The molecule has 0 spiro atoms. The van der Waals surface area contributed by atoms with Gasteiger partial charge in [0.05, 0.1) is 62.8 Å². The van der Waals surface area contributed by atoms with Crippen molar-refractivity contribution in [3.05, 3.63) is 285 Å². The van der Waals surface area contributed by atoms with Gasteiger partial charge in [0.15, 0.2) is 23.3 Å². The molecule has 0 bridgehead atoms. The number of hydrogen-bond acceptors (Lipinski definition) is 10. The van der Waals surface area contributed by atoms with E-state index in [0.29, 0.717) is 45.9 Å². The first-order valence-electron chi connectivity index (χ1n) is 26.9. The highest BCUT2D eigenvalue weighted by Gasteiger charge is 2.35. The highest BCUT2D eigenvalue weighted by atomic mass is 15.3. The number of fused-ring (bicyclic) bond motifs is 2. The average molecular weight is 1050 g/mol. The van der Waals surface area contributed by atoms with Crippen molar-refractivity contribution in [2.75, 3.05) is 9.80 Å². The van der Waals surface area contributed by atoms with E-state index in [4.69, 9.17) is 34.9 Å². The summed E-state index contributed by atoms with van der Waals surface area (Å²) in [4.78, 5) is 42.1. The predicted molar refractivity (Wildman–Crippen MR) is 328 cm³/mol. The molecule has 0 unspecified atom stereocenters. The molecule has 0 N–H and O–H groups in total. The van der Waals surface area contributed by atoms with Gasteiger partial charge >= 0.3 is 0 Å². The van der Waals surface area contributed by atoms with E-state index in [-0.39, 0.29) is 0 Å². The zero-order chi connectivity index (χ0) is 54.8. The van der Waals surface area contributed by atoms with Crippen LogP contribution in [0.25, 0.3) is 102 Å². The van der Waals surface area contributed by atoms with E-state index in [0.717, 1.165) is 95.7 Å². The highest BCUT2D eigenvalue weighted by Crippen LogP contribution is 2.56. The second-order valence-electron chi connectivity index (χ2n) is 19.7. The number of benzene rings is 10. The van der Waals surface area contributed by atoms with Gasteiger partial charge in [-0.2, -0.15) is 5.26 Å². The SMILES string of the molecule is N#Cc1ccc(-c2cc(N3c4ccccc4N(c4nc(-c5ccccc5)cc(-c5ccccc5)n4)c4ccccc43)c(-c3nc(-c4ccccc4)cc(-c4ccccc4)n3)cc2-c2nc(-c3ccccc3)nc(-c3ccccc3)n2)cc1. The van der Waals surface area contributed by atoms with Gasteiger partial charge in [0, 0.05) is 44.5 Å². The minimum atomic E-state index is 0.442. The summed E-state index contributed by atoms with van der Waals surface area (Å²) in [7, 11) is 0. The molecule has 0 amide bonds. The topological polar surface area (TPSA) is 120 Å². The molecule has 0 fully saturated rings. The molecule has 1 aliphatic rings. The summed E-state index contributed by atoms with van der Waals surface area (Å²) in [6.07, 6.45) is 0. The number of rotatable bonds is 11. The maximum absolute atomic E-state index is 10.1. The van der Waals surface area contributed by atoms with Crippen LogP contribution < -0.4 is 9.80 Å². The van der Waals surface area contributed by atoms with Crippen molar-refractivity contribution in [3.8, 4) is 108 Å². The van der Waals surface area contributed by atoms with E-state index in [1.165, 1.54) is 0 Å². The summed E-state index contributed by atoms with van der Waals surface area (Å²) in [5, 5.41) is 10.1. The third-order valence-electron chi connectivity index (χ3n) is 14.5. The number of nitriles is 1. The number of hydrogen-bond donors (Lipinski definition) is 0. The van der Waals surface area contributed by atoms with Crippen molar-refractivity contribution in [1.29, 1.82) is 5.26 Å². The van der Waals surface area contributed by atoms with Crippen molar-refractivity contribution in [1.82, 2.24) is 34.9 Å². The van der Waals surface area contributed by atoms with Crippen molar-refractivity contribution < 1.29 is 0 Å². The first-order chi connectivity index (χ1) is 40.6. The van der Waals surface area contributed by atoms with Gasteiger partial charge in [-0.25, -0.2) is 34.9 Å². The van der Waals surface area contributed by atoms with Crippen LogP contribution in [0.1, 0.15) is 5.56 Å². The maximum atomic E-state index is 10.1. The molecule has 13 aromatic rings. The van der Waals surface area contributed by atoms with Crippen LogP contribution >= 0.6 is 0 Å². The molecule has 4 heterocycles. The van der Waals surface area contributed by atoms with Crippen molar-refractivity contribution in [2.24, 2.45) is 0 Å². The van der Waals surface area contributed by atoms with E-state index < -0.39 is 0 Å². The molecule has 3 aromatic heterocycles. The summed E-state index contributed by atoms with van der Waals surface area (Å²) < 4.78 is 0. The van der Waals surface area contributed by atoms with Crippen LogP contribution in [0.2, 0.25) is 0 Å². The third-order valence-corrected chi connectivity index (χ3v) is 14.5. The van der Waals surface area contributed by atoms with E-state index in [1.54, 1.807) is 0 Å². The van der Waals surface area contributed by atoms with Crippen LogP contribution in [-0.4, -0.2) is 34.9 Å². The number of nitrogens with zero attached hydrogens (tertiary/aromatic N) is 10. The standard InChI is InChI=1S/C72H46N10/c73-47-48-39-41-49(42-40-48)56-44-67(81-63-35-19-21-37-65(63)82(66-38-22-20-36-64(66)81)72-76-61(52-27-11-3-12-28-52)46-62(77-72)53-29-13-4-14-30-53)58(71-74-59(50-23-7-1-8-24-50)45-60(75-71)51-25-9-2-10-26-51)43-57(56)70-79-68(54-31-15-5-16-32-54)78-69(80-70)55-33-17-6-18-34-55/h1-46H. The average Bonchev–Trinajstić information content (AvgIpc) is 2.46. The van der Waals surface area contributed by atoms with Crippen LogP contribution in [0, 0.1) is 11.3 Å². The van der Waals surface area contributed by atoms with Gasteiger partial charge in [0.25, 0.3) is 0 Å².